The molecule has 0 N–H and O–H groups in total. The van der Waals surface area contributed by atoms with Gasteiger partial charge in [0, 0.05) is 0 Å². The summed E-state index contributed by atoms with van der Waals surface area (Å²) in [5.41, 5.74) is 1.38. The van der Waals surface area contributed by atoms with Gasteiger partial charge < -0.3 is 0 Å². The summed E-state index contributed by atoms with van der Waals surface area (Å²) in [6.45, 7) is 14.3. The van der Waals surface area contributed by atoms with Gasteiger partial charge in [0.15, 0.2) is 0 Å². The van der Waals surface area contributed by atoms with Gasteiger partial charge in [-0.15, -0.1) is 0 Å². The number of hydrogen-bond donors (Lipinski definition) is 0. The molecule has 2 aliphatic carbocycles. The molecule has 0 aromatic rings. The molecule has 0 aromatic carbocycles. The largest absolute Gasteiger partial charge is 0.125 e. The van der Waals surface area contributed by atoms with E-state index in [0.29, 0.717) is 21.5 Å². The third kappa shape index (κ3) is 1.20. The lowest BCUT2D eigenvalue weighted by molar-refractivity contribution is 0.459. The van der Waals surface area contributed by atoms with E-state index in [1.807, 2.05) is 0 Å². The minimum Gasteiger partial charge on any atom is -0.0674 e. The van der Waals surface area contributed by atoms with Crippen molar-refractivity contribution < 1.29 is 0 Å². The molecule has 3 unspecified atom stereocenters. The summed E-state index contributed by atoms with van der Waals surface area (Å²) < 4.78 is 0. The lowest BCUT2D eigenvalue weighted by atomic mass is 9.45. The third-order valence-electron chi connectivity index (χ3n) is 4.89. The molecule has 79 valence electrons. The molecule has 1 radical (unpaired) electrons. The quantitative estimate of drug-likeness (QED) is 0.571. The fourth-order valence-electron chi connectivity index (χ4n) is 3.98. The van der Waals surface area contributed by atoms with Crippen molar-refractivity contribution in [2.45, 2.75) is 71.4 Å². The summed E-state index contributed by atoms with van der Waals surface area (Å²) in [4.78, 5) is 0. The molecule has 14 heavy (non-hydrogen) atoms. The van der Waals surface area contributed by atoms with E-state index in [1.165, 1.54) is 19.3 Å². The maximum Gasteiger partial charge on any atom is 0.125 e. The van der Waals surface area contributed by atoms with Crippen LogP contribution in [0, 0.1) is 10.8 Å². The summed E-state index contributed by atoms with van der Waals surface area (Å²) in [5, 5.41) is 0.936. The van der Waals surface area contributed by atoms with Crippen LogP contribution in [0.4, 0.5) is 0 Å². The van der Waals surface area contributed by atoms with Crippen LogP contribution in [0.5, 0.6) is 0 Å². The van der Waals surface area contributed by atoms with Crippen molar-refractivity contribution in [1.29, 1.82) is 0 Å². The van der Waals surface area contributed by atoms with Crippen LogP contribution in [-0.2, 0) is 0 Å². The van der Waals surface area contributed by atoms with Gasteiger partial charge in [-0.1, -0.05) is 58.6 Å². The summed E-state index contributed by atoms with van der Waals surface area (Å²) in [6.07, 6.45) is 4.28. The zero-order valence-electron chi connectivity index (χ0n) is 10.7. The van der Waals surface area contributed by atoms with Crippen molar-refractivity contribution in [1.82, 2.24) is 0 Å². The Hall–Kier alpha value is 0.0649. The Bertz CT molecular complexity index is 265. The first-order valence-corrected chi connectivity index (χ1v) is 6.05. The zero-order valence-corrected chi connectivity index (χ0v) is 10.7. The van der Waals surface area contributed by atoms with Crippen molar-refractivity contribution in [3.8, 4) is 0 Å². The molecule has 2 aliphatic rings. The number of rotatable bonds is 2. The molecule has 2 rings (SSSR count). The van der Waals surface area contributed by atoms with Gasteiger partial charge in [0.25, 0.3) is 0 Å². The second kappa shape index (κ2) is 2.41. The first-order chi connectivity index (χ1) is 6.18. The monoisotopic (exact) mass is 191 g/mol. The van der Waals surface area contributed by atoms with Gasteiger partial charge in [-0.25, -0.2) is 0 Å². The Kier molecular flexibility index (Phi) is 1.82. The molecule has 0 amide bonds. The van der Waals surface area contributed by atoms with Crippen LogP contribution < -0.4 is 0 Å². The fraction of sp³-hybridized carbons (Fsp3) is 1.00. The fourth-order valence-corrected chi connectivity index (χ4v) is 3.98. The maximum absolute atomic E-state index is 2.61. The molecule has 0 aromatic heterocycles. The van der Waals surface area contributed by atoms with Crippen LogP contribution in [0.2, 0.25) is 10.6 Å². The standard InChI is InChI=1S/C13H24B/c1-7-11(5)8-13(11)9-12(13,6)14-10(2,3)4/h7-9H2,1-6H3. The highest BCUT2D eigenvalue weighted by Crippen LogP contribution is 2.92. The average molecular weight is 191 g/mol. The van der Waals surface area contributed by atoms with E-state index in [9.17, 15) is 0 Å². The van der Waals surface area contributed by atoms with E-state index in [1.54, 1.807) is 0 Å². The van der Waals surface area contributed by atoms with Gasteiger partial charge in [0.05, 0.1) is 0 Å². The summed E-state index contributed by atoms with van der Waals surface area (Å²) in [6, 6.07) is 0. The highest BCUT2D eigenvalue weighted by Gasteiger charge is 2.81. The second-order valence-electron chi connectivity index (χ2n) is 7.28. The molecule has 1 spiro atoms. The van der Waals surface area contributed by atoms with E-state index >= 15 is 0 Å². The molecule has 1 heteroatoms. The van der Waals surface area contributed by atoms with Crippen molar-refractivity contribution in [2.75, 3.05) is 0 Å². The molecule has 0 saturated heterocycles. The lowest BCUT2D eigenvalue weighted by Gasteiger charge is -2.23. The minimum absolute atomic E-state index is 0.384. The summed E-state index contributed by atoms with van der Waals surface area (Å²) in [5.74, 6) is 0. The molecule has 2 fully saturated rings. The lowest BCUT2D eigenvalue weighted by Crippen LogP contribution is -2.17. The number of hydrogen-bond acceptors (Lipinski definition) is 0. The van der Waals surface area contributed by atoms with Crippen LogP contribution in [0.3, 0.4) is 0 Å². The zero-order chi connectivity index (χ0) is 10.8. The predicted molar refractivity (Wildman–Crippen MR) is 63.9 cm³/mol. The molecule has 0 heterocycles. The SMILES string of the molecule is CCC1(C)CC12CC2(C)[B]C(C)(C)C. The predicted octanol–water partition coefficient (Wildman–Crippen LogP) is 4.30. The van der Waals surface area contributed by atoms with E-state index in [4.69, 9.17) is 0 Å². The van der Waals surface area contributed by atoms with Crippen LogP contribution >= 0.6 is 0 Å². The second-order valence-corrected chi connectivity index (χ2v) is 7.28. The van der Waals surface area contributed by atoms with Crippen LogP contribution in [-0.4, -0.2) is 7.28 Å². The van der Waals surface area contributed by atoms with Crippen molar-refractivity contribution >= 4 is 7.28 Å². The van der Waals surface area contributed by atoms with Crippen LogP contribution in [0.15, 0.2) is 0 Å². The van der Waals surface area contributed by atoms with E-state index in [2.05, 4.69) is 48.8 Å². The Morgan fingerprint density at radius 2 is 1.71 bits per heavy atom. The molecule has 3 atom stereocenters. The topological polar surface area (TPSA) is 0 Å². The van der Waals surface area contributed by atoms with E-state index < -0.39 is 0 Å². The Labute approximate surface area is 90.1 Å². The first-order valence-electron chi connectivity index (χ1n) is 6.05. The van der Waals surface area contributed by atoms with Crippen molar-refractivity contribution in [3.05, 3.63) is 0 Å². The van der Waals surface area contributed by atoms with E-state index in [-0.39, 0.29) is 0 Å². The van der Waals surface area contributed by atoms with Crippen molar-refractivity contribution in [3.63, 3.8) is 0 Å². The minimum atomic E-state index is 0.384. The van der Waals surface area contributed by atoms with Gasteiger partial charge >= 0.3 is 0 Å². The average Bonchev–Trinajstić information content (AvgIpc) is 2.71. The Morgan fingerprint density at radius 1 is 1.14 bits per heavy atom. The molecule has 0 aliphatic heterocycles. The maximum atomic E-state index is 2.61. The summed E-state index contributed by atoms with van der Waals surface area (Å²) in [7, 11) is 2.61. The summed E-state index contributed by atoms with van der Waals surface area (Å²) >= 11 is 0. The van der Waals surface area contributed by atoms with Gasteiger partial charge in [0.1, 0.15) is 7.28 Å². The highest BCUT2D eigenvalue weighted by molar-refractivity contribution is 6.46. The smallest absolute Gasteiger partial charge is 0.0674 e. The van der Waals surface area contributed by atoms with Crippen LogP contribution in [0.25, 0.3) is 0 Å². The molecule has 2 saturated carbocycles. The van der Waals surface area contributed by atoms with Crippen LogP contribution in [0.1, 0.15) is 60.8 Å². The van der Waals surface area contributed by atoms with E-state index in [0.717, 1.165) is 0 Å². The van der Waals surface area contributed by atoms with Gasteiger partial charge in [-0.2, -0.15) is 0 Å². The highest BCUT2D eigenvalue weighted by atomic mass is 14.8. The third-order valence-corrected chi connectivity index (χ3v) is 4.89. The van der Waals surface area contributed by atoms with Gasteiger partial charge in [-0.3, -0.25) is 0 Å². The Balaban J connectivity index is 2.05. The first kappa shape index (κ1) is 10.6. The molecular formula is C13H24B. The molecular weight excluding hydrogens is 167 g/mol. The Morgan fingerprint density at radius 3 is 2.07 bits per heavy atom. The molecule has 0 bridgehead atoms. The van der Waals surface area contributed by atoms with Gasteiger partial charge in [0.2, 0.25) is 0 Å². The van der Waals surface area contributed by atoms with Gasteiger partial charge in [-0.05, 0) is 23.7 Å². The normalized spacial score (nSPS) is 50.7. The van der Waals surface area contributed by atoms with Crippen molar-refractivity contribution in [2.24, 2.45) is 10.8 Å². The molecule has 0 nitrogen and oxygen atoms in total.